The van der Waals surface area contributed by atoms with E-state index >= 15 is 0 Å². The summed E-state index contributed by atoms with van der Waals surface area (Å²) in [6.45, 7) is 0. The van der Waals surface area contributed by atoms with Gasteiger partial charge in [-0.15, -0.1) is 0 Å². The van der Waals surface area contributed by atoms with Gasteiger partial charge in [-0.2, -0.15) is 0 Å². The van der Waals surface area contributed by atoms with Gasteiger partial charge in [-0.25, -0.2) is 4.98 Å². The lowest BCUT2D eigenvalue weighted by molar-refractivity contribution is 0.419. The maximum Gasteiger partial charge on any atom is 0.201 e. The minimum atomic E-state index is 0.384. The molecule has 4 heteroatoms. The second-order valence-electron chi connectivity index (χ2n) is 2.38. The van der Waals surface area contributed by atoms with Crippen LogP contribution in [0.4, 0.5) is 0 Å². The van der Waals surface area contributed by atoms with Gasteiger partial charge in [-0.1, -0.05) is 6.07 Å². The van der Waals surface area contributed by atoms with Crippen LogP contribution in [0.15, 0.2) is 18.2 Å². The van der Waals surface area contributed by atoms with Gasteiger partial charge >= 0.3 is 0 Å². The minimum absolute atomic E-state index is 0.384. The molecule has 3 nitrogen and oxygen atoms in total. The first-order chi connectivity index (χ1) is 5.81. The Morgan fingerprint density at radius 2 is 2.33 bits per heavy atom. The number of aromatic amines is 1. The van der Waals surface area contributed by atoms with Crippen LogP contribution in [0.2, 0.25) is 5.28 Å². The van der Waals surface area contributed by atoms with Crippen LogP contribution in [0.25, 0.3) is 11.0 Å². The number of ether oxygens (including phenoxy) is 1. The summed E-state index contributed by atoms with van der Waals surface area (Å²) < 4.78 is 5.10. The van der Waals surface area contributed by atoms with Crippen molar-refractivity contribution in [1.29, 1.82) is 0 Å². The van der Waals surface area contributed by atoms with Crippen molar-refractivity contribution in [2.75, 3.05) is 7.11 Å². The average molecular weight is 183 g/mol. The number of nitrogens with one attached hydrogen (secondary N) is 1. The summed E-state index contributed by atoms with van der Waals surface area (Å²) in [6, 6.07) is 5.63. The number of para-hydroxylation sites is 1. The SMILES string of the molecule is COc1cccc2[nH]c(Cl)nc12. The lowest BCUT2D eigenvalue weighted by Crippen LogP contribution is -1.83. The van der Waals surface area contributed by atoms with E-state index in [1.165, 1.54) is 0 Å². The Kier molecular flexibility index (Phi) is 1.66. The zero-order valence-electron chi connectivity index (χ0n) is 6.47. The van der Waals surface area contributed by atoms with E-state index in [1.54, 1.807) is 7.11 Å². The smallest absolute Gasteiger partial charge is 0.201 e. The third kappa shape index (κ3) is 1.02. The largest absolute Gasteiger partial charge is 0.494 e. The van der Waals surface area contributed by atoms with Gasteiger partial charge in [0, 0.05) is 0 Å². The van der Waals surface area contributed by atoms with Gasteiger partial charge in [-0.3, -0.25) is 0 Å². The van der Waals surface area contributed by atoms with Crippen molar-refractivity contribution >= 4 is 22.6 Å². The van der Waals surface area contributed by atoms with E-state index in [-0.39, 0.29) is 0 Å². The molecule has 0 fully saturated rings. The second kappa shape index (κ2) is 2.68. The van der Waals surface area contributed by atoms with Gasteiger partial charge in [0.1, 0.15) is 11.3 Å². The van der Waals surface area contributed by atoms with Crippen LogP contribution in [-0.4, -0.2) is 17.1 Å². The minimum Gasteiger partial charge on any atom is -0.494 e. The number of aromatic nitrogens is 2. The summed E-state index contributed by atoms with van der Waals surface area (Å²) in [5.41, 5.74) is 1.66. The summed E-state index contributed by atoms with van der Waals surface area (Å²) >= 11 is 5.69. The number of benzene rings is 1. The summed E-state index contributed by atoms with van der Waals surface area (Å²) in [5, 5.41) is 0.384. The number of rotatable bonds is 1. The van der Waals surface area contributed by atoms with E-state index in [2.05, 4.69) is 9.97 Å². The summed E-state index contributed by atoms with van der Waals surface area (Å²) in [4.78, 5) is 6.98. The van der Waals surface area contributed by atoms with Gasteiger partial charge in [-0.05, 0) is 23.7 Å². The van der Waals surface area contributed by atoms with E-state index in [4.69, 9.17) is 16.3 Å². The van der Waals surface area contributed by atoms with Gasteiger partial charge in [0.05, 0.1) is 12.6 Å². The van der Waals surface area contributed by atoms with Crippen LogP contribution in [0, 0.1) is 0 Å². The molecule has 0 aliphatic heterocycles. The normalized spacial score (nSPS) is 10.5. The molecular formula is C8H7ClN2O. The number of hydrogen-bond acceptors (Lipinski definition) is 2. The first-order valence-corrected chi connectivity index (χ1v) is 3.87. The molecule has 0 bridgehead atoms. The van der Waals surface area contributed by atoms with Gasteiger partial charge in [0.2, 0.25) is 5.28 Å². The average Bonchev–Trinajstić information content (AvgIpc) is 2.44. The van der Waals surface area contributed by atoms with E-state index in [1.807, 2.05) is 18.2 Å². The number of methoxy groups -OCH3 is 1. The van der Waals surface area contributed by atoms with Crippen molar-refractivity contribution in [3.8, 4) is 5.75 Å². The van der Waals surface area contributed by atoms with Crippen LogP contribution in [-0.2, 0) is 0 Å². The van der Waals surface area contributed by atoms with Crippen molar-refractivity contribution in [3.63, 3.8) is 0 Å². The maximum atomic E-state index is 5.69. The highest BCUT2D eigenvalue weighted by Crippen LogP contribution is 2.23. The number of fused-ring (bicyclic) bond motifs is 1. The Bertz CT molecular complexity index is 410. The zero-order valence-corrected chi connectivity index (χ0v) is 7.22. The fourth-order valence-corrected chi connectivity index (χ4v) is 1.33. The second-order valence-corrected chi connectivity index (χ2v) is 2.74. The van der Waals surface area contributed by atoms with Crippen molar-refractivity contribution in [2.45, 2.75) is 0 Å². The van der Waals surface area contributed by atoms with Crippen LogP contribution < -0.4 is 4.74 Å². The Hall–Kier alpha value is -1.22. The summed E-state index contributed by atoms with van der Waals surface area (Å²) in [6.07, 6.45) is 0. The molecule has 2 aromatic rings. The Labute approximate surface area is 74.3 Å². The number of nitrogens with zero attached hydrogens (tertiary/aromatic N) is 1. The highest BCUT2D eigenvalue weighted by molar-refractivity contribution is 6.29. The van der Waals surface area contributed by atoms with Crippen molar-refractivity contribution in [3.05, 3.63) is 23.5 Å². The Morgan fingerprint density at radius 3 is 3.08 bits per heavy atom. The highest BCUT2D eigenvalue weighted by Gasteiger charge is 2.04. The Morgan fingerprint density at radius 1 is 1.50 bits per heavy atom. The molecule has 0 amide bonds. The third-order valence-electron chi connectivity index (χ3n) is 1.67. The molecule has 0 atom stereocenters. The molecule has 1 aromatic heterocycles. The third-order valence-corrected chi connectivity index (χ3v) is 1.85. The van der Waals surface area contributed by atoms with Crippen molar-refractivity contribution in [2.24, 2.45) is 0 Å². The number of hydrogen-bond donors (Lipinski definition) is 1. The van der Waals surface area contributed by atoms with Crippen molar-refractivity contribution in [1.82, 2.24) is 9.97 Å². The molecule has 0 unspecified atom stereocenters. The van der Waals surface area contributed by atoms with Crippen LogP contribution in [0.3, 0.4) is 0 Å². The van der Waals surface area contributed by atoms with Crippen LogP contribution in [0.5, 0.6) is 5.75 Å². The molecular weight excluding hydrogens is 176 g/mol. The zero-order chi connectivity index (χ0) is 8.55. The highest BCUT2D eigenvalue weighted by atomic mass is 35.5. The first kappa shape index (κ1) is 7.43. The fourth-order valence-electron chi connectivity index (χ4n) is 1.14. The molecule has 0 saturated carbocycles. The standard InChI is InChI=1S/C8H7ClN2O/c1-12-6-4-2-3-5-7(6)11-8(9)10-5/h2-4H,1H3,(H,10,11). The molecule has 0 radical (unpaired) electrons. The molecule has 0 saturated heterocycles. The molecule has 12 heavy (non-hydrogen) atoms. The number of halogens is 1. The molecule has 62 valence electrons. The molecule has 1 heterocycles. The fraction of sp³-hybridized carbons (Fsp3) is 0.125. The quantitative estimate of drug-likeness (QED) is 0.735. The molecule has 0 aliphatic carbocycles. The summed E-state index contributed by atoms with van der Waals surface area (Å²) in [7, 11) is 1.61. The van der Waals surface area contributed by atoms with Gasteiger partial charge < -0.3 is 9.72 Å². The lowest BCUT2D eigenvalue weighted by atomic mass is 10.3. The monoisotopic (exact) mass is 182 g/mol. The van der Waals surface area contributed by atoms with Crippen molar-refractivity contribution < 1.29 is 4.74 Å². The number of imidazole rings is 1. The van der Waals surface area contributed by atoms with E-state index < -0.39 is 0 Å². The van der Waals surface area contributed by atoms with Gasteiger partial charge in [0.25, 0.3) is 0 Å². The first-order valence-electron chi connectivity index (χ1n) is 3.49. The van der Waals surface area contributed by atoms with Gasteiger partial charge in [0.15, 0.2) is 0 Å². The molecule has 1 aromatic carbocycles. The number of H-pyrrole nitrogens is 1. The van der Waals surface area contributed by atoms with E-state index in [0.717, 1.165) is 16.8 Å². The van der Waals surface area contributed by atoms with Crippen LogP contribution in [0.1, 0.15) is 0 Å². The maximum absolute atomic E-state index is 5.69. The molecule has 0 spiro atoms. The van der Waals surface area contributed by atoms with E-state index in [0.29, 0.717) is 5.28 Å². The predicted octanol–water partition coefficient (Wildman–Crippen LogP) is 2.22. The molecule has 0 aliphatic rings. The predicted molar refractivity (Wildman–Crippen MR) is 47.7 cm³/mol. The molecule has 2 rings (SSSR count). The topological polar surface area (TPSA) is 37.9 Å². The lowest BCUT2D eigenvalue weighted by Gasteiger charge is -1.97. The Balaban J connectivity index is 2.78. The van der Waals surface area contributed by atoms with E-state index in [9.17, 15) is 0 Å². The summed E-state index contributed by atoms with van der Waals surface area (Å²) in [5.74, 6) is 0.732. The van der Waals surface area contributed by atoms with Crippen LogP contribution >= 0.6 is 11.6 Å². The molecule has 1 N–H and O–H groups in total.